The van der Waals surface area contributed by atoms with Gasteiger partial charge in [0.15, 0.2) is 0 Å². The summed E-state index contributed by atoms with van der Waals surface area (Å²) >= 11 is 4.98. The first-order valence-electron chi connectivity index (χ1n) is 5.83. The fourth-order valence-electron chi connectivity index (χ4n) is 1.89. The quantitative estimate of drug-likeness (QED) is 0.852. The summed E-state index contributed by atoms with van der Waals surface area (Å²) in [7, 11) is 0. The van der Waals surface area contributed by atoms with Crippen LogP contribution in [0.15, 0.2) is 22.7 Å². The van der Waals surface area contributed by atoms with E-state index in [4.69, 9.17) is 0 Å². The molecular formula is C12H13BrF3NOS. The SMILES string of the molecule is FC(F)(F)Oc1ccc(NC2CCCSC2)cc1Br. The topological polar surface area (TPSA) is 21.3 Å². The van der Waals surface area contributed by atoms with Crippen molar-refractivity contribution in [3.63, 3.8) is 0 Å². The maximum atomic E-state index is 12.1. The third kappa shape index (κ3) is 4.80. The summed E-state index contributed by atoms with van der Waals surface area (Å²) in [4.78, 5) is 0. The van der Waals surface area contributed by atoms with Gasteiger partial charge in [0.25, 0.3) is 0 Å². The second kappa shape index (κ2) is 6.26. The van der Waals surface area contributed by atoms with Crippen molar-refractivity contribution in [2.24, 2.45) is 0 Å². The Hall–Kier alpha value is -0.560. The number of rotatable bonds is 3. The summed E-state index contributed by atoms with van der Waals surface area (Å²) in [5.41, 5.74) is 0.800. The van der Waals surface area contributed by atoms with Gasteiger partial charge in [-0.05, 0) is 52.7 Å². The molecule has 0 amide bonds. The standard InChI is InChI=1S/C12H13BrF3NOS/c13-10-6-8(17-9-2-1-5-19-7-9)3-4-11(10)18-12(14,15)16/h3-4,6,9,17H,1-2,5,7H2. The van der Waals surface area contributed by atoms with Crippen molar-refractivity contribution in [3.8, 4) is 5.75 Å². The molecule has 1 heterocycles. The van der Waals surface area contributed by atoms with E-state index < -0.39 is 6.36 Å². The van der Waals surface area contributed by atoms with Crippen molar-refractivity contribution >= 4 is 33.4 Å². The van der Waals surface area contributed by atoms with Crippen molar-refractivity contribution in [2.45, 2.75) is 25.2 Å². The highest BCUT2D eigenvalue weighted by Crippen LogP contribution is 2.33. The summed E-state index contributed by atoms with van der Waals surface area (Å²) in [5, 5.41) is 3.32. The molecule has 1 fully saturated rings. The van der Waals surface area contributed by atoms with Crippen LogP contribution in [0.5, 0.6) is 5.75 Å². The van der Waals surface area contributed by atoms with E-state index in [0.29, 0.717) is 10.5 Å². The molecule has 7 heteroatoms. The zero-order chi connectivity index (χ0) is 13.9. The number of thioether (sulfide) groups is 1. The number of nitrogens with one attached hydrogen (secondary N) is 1. The molecule has 106 valence electrons. The molecule has 0 radical (unpaired) electrons. The van der Waals surface area contributed by atoms with Gasteiger partial charge in [-0.3, -0.25) is 0 Å². The van der Waals surface area contributed by atoms with E-state index in [2.05, 4.69) is 26.0 Å². The fraction of sp³-hybridized carbons (Fsp3) is 0.500. The van der Waals surface area contributed by atoms with E-state index in [1.165, 1.54) is 18.2 Å². The van der Waals surface area contributed by atoms with Crippen molar-refractivity contribution in [2.75, 3.05) is 16.8 Å². The third-order valence-electron chi connectivity index (χ3n) is 2.69. The molecule has 0 saturated carbocycles. The van der Waals surface area contributed by atoms with E-state index in [1.54, 1.807) is 12.1 Å². The normalized spacial score (nSPS) is 20.1. The maximum absolute atomic E-state index is 12.1. The zero-order valence-corrected chi connectivity index (χ0v) is 12.4. The van der Waals surface area contributed by atoms with E-state index in [0.717, 1.165) is 17.9 Å². The van der Waals surface area contributed by atoms with Crippen LogP contribution in [-0.2, 0) is 0 Å². The molecule has 1 aromatic carbocycles. The minimum absolute atomic E-state index is 0.226. The number of halogens is 4. The average Bonchev–Trinajstić information content (AvgIpc) is 2.33. The van der Waals surface area contributed by atoms with Gasteiger partial charge >= 0.3 is 6.36 Å². The van der Waals surface area contributed by atoms with E-state index in [1.807, 2.05) is 11.8 Å². The molecule has 2 nitrogen and oxygen atoms in total. The van der Waals surface area contributed by atoms with Crippen molar-refractivity contribution in [3.05, 3.63) is 22.7 Å². The largest absolute Gasteiger partial charge is 0.573 e. The molecule has 1 atom stereocenters. The molecule has 0 aliphatic carbocycles. The Labute approximate surface area is 122 Å². The second-order valence-corrected chi connectivity index (χ2v) is 6.26. The Morgan fingerprint density at radius 3 is 2.74 bits per heavy atom. The van der Waals surface area contributed by atoms with Gasteiger partial charge in [0.05, 0.1) is 4.47 Å². The van der Waals surface area contributed by atoms with Gasteiger partial charge in [0, 0.05) is 17.5 Å². The fourth-order valence-corrected chi connectivity index (χ4v) is 3.42. The molecule has 2 rings (SSSR count). The van der Waals surface area contributed by atoms with Crippen LogP contribution in [0.4, 0.5) is 18.9 Å². The van der Waals surface area contributed by atoms with Crippen LogP contribution in [0.3, 0.4) is 0 Å². The molecule has 19 heavy (non-hydrogen) atoms. The Bertz CT molecular complexity index is 435. The lowest BCUT2D eigenvalue weighted by Crippen LogP contribution is -2.25. The Morgan fingerprint density at radius 2 is 2.16 bits per heavy atom. The van der Waals surface area contributed by atoms with Gasteiger partial charge in [0.2, 0.25) is 0 Å². The molecule has 1 saturated heterocycles. The lowest BCUT2D eigenvalue weighted by atomic mass is 10.1. The first-order chi connectivity index (χ1) is 8.94. The summed E-state index contributed by atoms with van der Waals surface area (Å²) in [6.45, 7) is 0. The van der Waals surface area contributed by atoms with Crippen LogP contribution in [0.2, 0.25) is 0 Å². The van der Waals surface area contributed by atoms with Crippen molar-refractivity contribution in [1.29, 1.82) is 0 Å². The number of ether oxygens (including phenoxy) is 1. The smallest absolute Gasteiger partial charge is 0.405 e. The van der Waals surface area contributed by atoms with Gasteiger partial charge in [-0.25, -0.2) is 0 Å². The average molecular weight is 356 g/mol. The summed E-state index contributed by atoms with van der Waals surface area (Å²) in [6, 6.07) is 4.90. The molecule has 0 aromatic heterocycles. The minimum Gasteiger partial charge on any atom is -0.405 e. The van der Waals surface area contributed by atoms with Crippen molar-refractivity contribution in [1.82, 2.24) is 0 Å². The molecule has 0 spiro atoms. The molecule has 1 aromatic rings. The maximum Gasteiger partial charge on any atom is 0.573 e. The minimum atomic E-state index is -4.67. The van der Waals surface area contributed by atoms with Gasteiger partial charge in [-0.2, -0.15) is 11.8 Å². The molecule has 1 unspecified atom stereocenters. The summed E-state index contributed by atoms with van der Waals surface area (Å²) in [5.74, 6) is 1.98. The van der Waals surface area contributed by atoms with Crippen LogP contribution >= 0.6 is 27.7 Å². The highest BCUT2D eigenvalue weighted by Gasteiger charge is 2.32. The number of benzene rings is 1. The zero-order valence-electron chi connectivity index (χ0n) is 9.97. The Morgan fingerprint density at radius 1 is 1.37 bits per heavy atom. The summed E-state index contributed by atoms with van der Waals surface area (Å²) in [6.07, 6.45) is -2.42. The molecule has 0 bridgehead atoms. The molecule has 1 N–H and O–H groups in total. The molecular weight excluding hydrogens is 343 g/mol. The second-order valence-electron chi connectivity index (χ2n) is 4.25. The predicted molar refractivity (Wildman–Crippen MR) is 74.8 cm³/mol. The lowest BCUT2D eigenvalue weighted by molar-refractivity contribution is -0.274. The van der Waals surface area contributed by atoms with Crippen LogP contribution in [-0.4, -0.2) is 23.9 Å². The van der Waals surface area contributed by atoms with Crippen LogP contribution < -0.4 is 10.1 Å². The molecule has 1 aliphatic rings. The van der Waals surface area contributed by atoms with Crippen LogP contribution in [0, 0.1) is 0 Å². The predicted octanol–water partition coefficient (Wildman–Crippen LogP) is 4.66. The Balaban J connectivity index is 2.01. The number of hydrogen-bond donors (Lipinski definition) is 1. The number of hydrogen-bond acceptors (Lipinski definition) is 3. The van der Waals surface area contributed by atoms with E-state index in [9.17, 15) is 13.2 Å². The van der Waals surface area contributed by atoms with Crippen LogP contribution in [0.25, 0.3) is 0 Å². The van der Waals surface area contributed by atoms with E-state index in [-0.39, 0.29) is 5.75 Å². The number of anilines is 1. The van der Waals surface area contributed by atoms with Gasteiger partial charge < -0.3 is 10.1 Å². The first-order valence-corrected chi connectivity index (χ1v) is 7.78. The summed E-state index contributed by atoms with van der Waals surface area (Å²) < 4.78 is 40.6. The monoisotopic (exact) mass is 355 g/mol. The highest BCUT2D eigenvalue weighted by atomic mass is 79.9. The Kier molecular flexibility index (Phi) is 4.89. The van der Waals surface area contributed by atoms with Gasteiger partial charge in [0.1, 0.15) is 5.75 Å². The number of alkyl halides is 3. The van der Waals surface area contributed by atoms with Gasteiger partial charge in [-0.15, -0.1) is 13.2 Å². The van der Waals surface area contributed by atoms with Crippen LogP contribution in [0.1, 0.15) is 12.8 Å². The first kappa shape index (κ1) is 14.8. The highest BCUT2D eigenvalue weighted by molar-refractivity contribution is 9.10. The third-order valence-corrected chi connectivity index (χ3v) is 4.52. The van der Waals surface area contributed by atoms with Crippen molar-refractivity contribution < 1.29 is 17.9 Å². The van der Waals surface area contributed by atoms with Gasteiger partial charge in [-0.1, -0.05) is 0 Å². The molecule has 1 aliphatic heterocycles. The van der Waals surface area contributed by atoms with E-state index >= 15 is 0 Å². The lowest BCUT2D eigenvalue weighted by Gasteiger charge is -2.23.